The van der Waals surface area contributed by atoms with Crippen LogP contribution in [0.2, 0.25) is 0 Å². The van der Waals surface area contributed by atoms with E-state index in [4.69, 9.17) is 4.74 Å². The molecule has 0 saturated carbocycles. The lowest BCUT2D eigenvalue weighted by molar-refractivity contribution is -0.134. The number of aromatic nitrogens is 2. The zero-order valence-electron chi connectivity index (χ0n) is 12.6. The summed E-state index contributed by atoms with van der Waals surface area (Å²) in [6.45, 7) is 5.70. The van der Waals surface area contributed by atoms with Crippen LogP contribution < -0.4 is 4.74 Å². The Morgan fingerprint density at radius 1 is 1.52 bits per heavy atom. The number of halogens is 1. The highest BCUT2D eigenvalue weighted by molar-refractivity contribution is 9.10. The first-order valence-electron chi connectivity index (χ1n) is 7.50. The van der Waals surface area contributed by atoms with E-state index in [1.54, 1.807) is 12.4 Å². The van der Waals surface area contributed by atoms with Gasteiger partial charge in [0.1, 0.15) is 6.10 Å². The van der Waals surface area contributed by atoms with Crippen LogP contribution in [0.4, 0.5) is 0 Å². The number of nitrogens with zero attached hydrogens (tertiary/aromatic N) is 3. The number of amides is 1. The van der Waals surface area contributed by atoms with E-state index in [1.165, 1.54) is 0 Å². The number of likely N-dealkylation sites (tertiary alicyclic amines) is 1. The van der Waals surface area contributed by atoms with E-state index >= 15 is 0 Å². The van der Waals surface area contributed by atoms with Gasteiger partial charge in [-0.15, -0.1) is 0 Å². The van der Waals surface area contributed by atoms with Crippen LogP contribution in [0.25, 0.3) is 0 Å². The third-order valence-corrected chi connectivity index (χ3v) is 4.23. The van der Waals surface area contributed by atoms with Crippen molar-refractivity contribution in [3.05, 3.63) is 16.9 Å². The lowest BCUT2D eigenvalue weighted by atomic mass is 10.0. The summed E-state index contributed by atoms with van der Waals surface area (Å²) in [6, 6.07) is 0.374. The largest absolute Gasteiger partial charge is 0.458 e. The van der Waals surface area contributed by atoms with Gasteiger partial charge in [-0.05, 0) is 34.7 Å². The van der Waals surface area contributed by atoms with Crippen molar-refractivity contribution in [1.82, 2.24) is 14.9 Å². The van der Waals surface area contributed by atoms with E-state index in [-0.39, 0.29) is 12.0 Å². The number of rotatable bonds is 5. The number of carbonyl (C=O) groups is 1. The minimum atomic E-state index is -0.0131. The number of hydrogen-bond acceptors (Lipinski definition) is 4. The lowest BCUT2D eigenvalue weighted by Gasteiger charge is -2.33. The first-order chi connectivity index (χ1) is 10.1. The van der Waals surface area contributed by atoms with Crippen LogP contribution in [0, 0.1) is 5.92 Å². The molecule has 0 spiro atoms. The Bertz CT molecular complexity index is 466. The van der Waals surface area contributed by atoms with Crippen molar-refractivity contribution in [1.29, 1.82) is 0 Å². The molecule has 1 aliphatic rings. The van der Waals surface area contributed by atoms with E-state index in [2.05, 4.69) is 39.7 Å². The van der Waals surface area contributed by atoms with Crippen LogP contribution in [-0.4, -0.2) is 40.0 Å². The van der Waals surface area contributed by atoms with Gasteiger partial charge in [0.2, 0.25) is 5.91 Å². The molecule has 1 saturated heterocycles. The van der Waals surface area contributed by atoms with E-state index in [1.807, 2.05) is 4.90 Å². The smallest absolute Gasteiger partial charge is 0.316 e. The number of hydrogen-bond donors (Lipinski definition) is 0. The highest BCUT2D eigenvalue weighted by Crippen LogP contribution is 2.18. The Morgan fingerprint density at radius 2 is 2.24 bits per heavy atom. The second-order valence-corrected chi connectivity index (χ2v) is 6.54. The molecule has 0 radical (unpaired) electrons. The predicted octanol–water partition coefficient (Wildman–Crippen LogP) is 3.05. The van der Waals surface area contributed by atoms with Crippen LogP contribution in [0.5, 0.6) is 6.01 Å². The Balaban J connectivity index is 1.88. The second-order valence-electron chi connectivity index (χ2n) is 5.62. The van der Waals surface area contributed by atoms with E-state index in [9.17, 15) is 4.79 Å². The summed E-state index contributed by atoms with van der Waals surface area (Å²) in [4.78, 5) is 22.4. The number of carbonyl (C=O) groups excluding carboxylic acids is 1. The molecule has 1 fully saturated rings. The highest BCUT2D eigenvalue weighted by Gasteiger charge is 2.26. The minimum absolute atomic E-state index is 0.0131. The summed E-state index contributed by atoms with van der Waals surface area (Å²) in [5.41, 5.74) is 0. The van der Waals surface area contributed by atoms with Crippen LogP contribution >= 0.6 is 15.9 Å². The van der Waals surface area contributed by atoms with Crippen molar-refractivity contribution in [2.24, 2.45) is 5.92 Å². The third-order valence-electron chi connectivity index (χ3n) is 3.82. The Kier molecular flexibility index (Phi) is 5.96. The van der Waals surface area contributed by atoms with Gasteiger partial charge in [-0.2, -0.15) is 0 Å². The minimum Gasteiger partial charge on any atom is -0.458 e. The molecule has 0 aromatic carbocycles. The monoisotopic (exact) mass is 355 g/mol. The summed E-state index contributed by atoms with van der Waals surface area (Å²) in [5, 5.41) is 0. The molecule has 21 heavy (non-hydrogen) atoms. The first-order valence-corrected chi connectivity index (χ1v) is 8.29. The maximum absolute atomic E-state index is 12.2. The molecular formula is C15H22BrN3O2. The topological polar surface area (TPSA) is 55.3 Å². The molecule has 116 valence electrons. The number of piperidine rings is 1. The van der Waals surface area contributed by atoms with Crippen LogP contribution in [-0.2, 0) is 4.79 Å². The van der Waals surface area contributed by atoms with Crippen molar-refractivity contribution in [3.8, 4) is 6.01 Å². The second kappa shape index (κ2) is 7.73. The van der Waals surface area contributed by atoms with Gasteiger partial charge < -0.3 is 9.64 Å². The van der Waals surface area contributed by atoms with Crippen molar-refractivity contribution in [2.45, 2.75) is 45.6 Å². The van der Waals surface area contributed by atoms with Crippen molar-refractivity contribution < 1.29 is 9.53 Å². The molecule has 1 aromatic heterocycles. The van der Waals surface area contributed by atoms with Crippen molar-refractivity contribution >= 4 is 21.8 Å². The van der Waals surface area contributed by atoms with Gasteiger partial charge in [0.25, 0.3) is 0 Å². The molecular weight excluding hydrogens is 334 g/mol. The molecule has 5 nitrogen and oxygen atoms in total. The van der Waals surface area contributed by atoms with Gasteiger partial charge >= 0.3 is 6.01 Å². The van der Waals surface area contributed by atoms with Crippen LogP contribution in [0.1, 0.15) is 39.5 Å². The molecule has 0 aliphatic carbocycles. The molecule has 1 aromatic rings. The standard InChI is InChI=1S/C15H22BrN3O2/c1-3-11(2)7-14(20)19-6-4-5-13(10-19)21-15-17-8-12(16)9-18-15/h8-9,11,13H,3-7,10H2,1-2H3. The molecule has 0 bridgehead atoms. The van der Waals surface area contributed by atoms with E-state index < -0.39 is 0 Å². The molecule has 1 amide bonds. The third kappa shape index (κ3) is 4.95. The molecule has 2 rings (SSSR count). The number of ether oxygens (including phenoxy) is 1. The normalized spacial score (nSPS) is 20.1. The summed E-state index contributed by atoms with van der Waals surface area (Å²) in [5.74, 6) is 0.669. The Morgan fingerprint density at radius 3 is 2.90 bits per heavy atom. The fourth-order valence-corrected chi connectivity index (χ4v) is 2.55. The first kappa shape index (κ1) is 16.2. The summed E-state index contributed by atoms with van der Waals surface area (Å²) >= 11 is 3.30. The lowest BCUT2D eigenvalue weighted by Crippen LogP contribution is -2.44. The van der Waals surface area contributed by atoms with Gasteiger partial charge in [-0.25, -0.2) is 9.97 Å². The van der Waals surface area contributed by atoms with Gasteiger partial charge in [0.05, 0.1) is 11.0 Å². The fourth-order valence-electron chi connectivity index (χ4n) is 2.34. The van der Waals surface area contributed by atoms with Crippen molar-refractivity contribution in [3.63, 3.8) is 0 Å². The van der Waals surface area contributed by atoms with E-state index in [0.29, 0.717) is 24.9 Å². The fraction of sp³-hybridized carbons (Fsp3) is 0.667. The molecule has 2 atom stereocenters. The predicted molar refractivity (Wildman–Crippen MR) is 84.0 cm³/mol. The zero-order valence-corrected chi connectivity index (χ0v) is 14.2. The average Bonchev–Trinajstić information content (AvgIpc) is 2.49. The van der Waals surface area contributed by atoms with Crippen molar-refractivity contribution in [2.75, 3.05) is 13.1 Å². The maximum Gasteiger partial charge on any atom is 0.316 e. The molecule has 0 N–H and O–H groups in total. The van der Waals surface area contributed by atoms with E-state index in [0.717, 1.165) is 30.3 Å². The average molecular weight is 356 g/mol. The van der Waals surface area contributed by atoms with Gasteiger partial charge in [0, 0.05) is 25.4 Å². The van der Waals surface area contributed by atoms with Gasteiger partial charge in [0.15, 0.2) is 0 Å². The van der Waals surface area contributed by atoms with Gasteiger partial charge in [-0.1, -0.05) is 20.3 Å². The summed E-state index contributed by atoms with van der Waals surface area (Å²) < 4.78 is 6.61. The quantitative estimate of drug-likeness (QED) is 0.814. The Labute approximate surface area is 134 Å². The summed E-state index contributed by atoms with van der Waals surface area (Å²) in [7, 11) is 0. The van der Waals surface area contributed by atoms with Crippen LogP contribution in [0.15, 0.2) is 16.9 Å². The SMILES string of the molecule is CCC(C)CC(=O)N1CCCC(Oc2ncc(Br)cn2)C1. The van der Waals surface area contributed by atoms with Gasteiger partial charge in [-0.3, -0.25) is 4.79 Å². The molecule has 6 heteroatoms. The highest BCUT2D eigenvalue weighted by atomic mass is 79.9. The molecule has 1 aliphatic heterocycles. The maximum atomic E-state index is 12.2. The Hall–Kier alpha value is -1.17. The van der Waals surface area contributed by atoms with Crippen LogP contribution in [0.3, 0.4) is 0 Å². The molecule has 2 unspecified atom stereocenters. The summed E-state index contributed by atoms with van der Waals surface area (Å²) in [6.07, 6.45) is 6.87. The zero-order chi connectivity index (χ0) is 15.2. The molecule has 2 heterocycles.